The van der Waals surface area contributed by atoms with Crippen LogP contribution in [0.1, 0.15) is 27.2 Å². The van der Waals surface area contributed by atoms with Gasteiger partial charge in [0.05, 0.1) is 5.25 Å². The number of carbonyl (C=O) groups excluding carboxylic acids is 1. The fraction of sp³-hybridized carbons (Fsp3) is 0.318. The Morgan fingerprint density at radius 3 is 2.29 bits per heavy atom. The van der Waals surface area contributed by atoms with Crippen molar-refractivity contribution in [3.05, 3.63) is 60.7 Å². The highest BCUT2D eigenvalue weighted by Crippen LogP contribution is 2.29. The smallest absolute Gasteiger partial charge is 0.237 e. The first-order valence-electron chi connectivity index (χ1n) is 9.59. The van der Waals surface area contributed by atoms with Gasteiger partial charge in [-0.3, -0.25) is 4.79 Å². The summed E-state index contributed by atoms with van der Waals surface area (Å²) in [4.78, 5) is 12.8. The number of nitrogens with one attached hydrogen (secondary N) is 1. The molecular weight excluding hydrogens is 368 g/mol. The summed E-state index contributed by atoms with van der Waals surface area (Å²) in [6.45, 7) is 7.16. The second-order valence-electron chi connectivity index (χ2n) is 7.05. The van der Waals surface area contributed by atoms with Gasteiger partial charge in [-0.2, -0.15) is 0 Å². The van der Waals surface area contributed by atoms with Crippen molar-refractivity contribution in [2.24, 2.45) is 5.92 Å². The molecule has 1 N–H and O–H groups in total. The third-order valence-corrected chi connectivity index (χ3v) is 5.59. The summed E-state index contributed by atoms with van der Waals surface area (Å²) in [5.74, 6) is 1.27. The lowest BCUT2D eigenvalue weighted by Crippen LogP contribution is -2.25. The Bertz CT molecular complexity index is 893. The van der Waals surface area contributed by atoms with Crippen LogP contribution in [0.15, 0.2) is 65.8 Å². The molecule has 3 aromatic rings. The molecular formula is C22H26N4OS. The molecule has 0 radical (unpaired) electrons. The van der Waals surface area contributed by atoms with Crippen LogP contribution in [0, 0.1) is 5.92 Å². The van der Waals surface area contributed by atoms with E-state index in [4.69, 9.17) is 0 Å². The maximum Gasteiger partial charge on any atom is 0.237 e. The molecule has 2 aromatic carbocycles. The molecule has 1 atom stereocenters. The molecule has 0 fully saturated rings. The molecule has 0 unspecified atom stereocenters. The summed E-state index contributed by atoms with van der Waals surface area (Å²) in [7, 11) is 0. The Morgan fingerprint density at radius 2 is 1.68 bits per heavy atom. The number of amides is 1. The van der Waals surface area contributed by atoms with Gasteiger partial charge in [0.1, 0.15) is 0 Å². The first kappa shape index (κ1) is 20.1. The first-order valence-corrected chi connectivity index (χ1v) is 10.5. The van der Waals surface area contributed by atoms with Crippen LogP contribution < -0.4 is 5.32 Å². The minimum Gasteiger partial charge on any atom is -0.325 e. The summed E-state index contributed by atoms with van der Waals surface area (Å²) in [6.07, 6.45) is 0.707. The van der Waals surface area contributed by atoms with Crippen molar-refractivity contribution < 1.29 is 4.79 Å². The molecule has 28 heavy (non-hydrogen) atoms. The molecule has 0 aliphatic rings. The SMILES string of the molecule is CC[C@@H](Sc1nnc(-c2ccccc2)n1CC(C)C)C(=O)Nc1ccccc1. The number of thioether (sulfide) groups is 1. The summed E-state index contributed by atoms with van der Waals surface area (Å²) in [5.41, 5.74) is 1.84. The van der Waals surface area contributed by atoms with E-state index >= 15 is 0 Å². The zero-order valence-electron chi connectivity index (χ0n) is 16.5. The first-order chi connectivity index (χ1) is 13.6. The second-order valence-corrected chi connectivity index (χ2v) is 8.22. The molecule has 0 aliphatic heterocycles. The predicted molar refractivity (Wildman–Crippen MR) is 115 cm³/mol. The fourth-order valence-electron chi connectivity index (χ4n) is 2.90. The number of aromatic nitrogens is 3. The van der Waals surface area contributed by atoms with Crippen molar-refractivity contribution in [2.75, 3.05) is 5.32 Å². The number of benzene rings is 2. The molecule has 1 aromatic heterocycles. The zero-order chi connectivity index (χ0) is 19.9. The topological polar surface area (TPSA) is 59.8 Å². The number of hydrogen-bond donors (Lipinski definition) is 1. The van der Waals surface area contributed by atoms with Crippen molar-refractivity contribution in [3.8, 4) is 11.4 Å². The third-order valence-electron chi connectivity index (χ3n) is 4.25. The lowest BCUT2D eigenvalue weighted by atomic mass is 10.2. The van der Waals surface area contributed by atoms with E-state index in [0.717, 1.165) is 28.8 Å². The Labute approximate surface area is 170 Å². The van der Waals surface area contributed by atoms with Gasteiger partial charge in [-0.15, -0.1) is 10.2 Å². The second kappa shape index (κ2) is 9.55. The van der Waals surface area contributed by atoms with Crippen molar-refractivity contribution in [1.82, 2.24) is 14.8 Å². The van der Waals surface area contributed by atoms with Crippen LogP contribution in [0.2, 0.25) is 0 Å². The van der Waals surface area contributed by atoms with E-state index in [1.54, 1.807) is 0 Å². The van der Waals surface area contributed by atoms with E-state index in [1.807, 2.05) is 67.6 Å². The highest BCUT2D eigenvalue weighted by Gasteiger charge is 2.23. The van der Waals surface area contributed by atoms with Gasteiger partial charge in [0, 0.05) is 17.8 Å². The summed E-state index contributed by atoms with van der Waals surface area (Å²) >= 11 is 1.48. The van der Waals surface area contributed by atoms with E-state index in [1.165, 1.54) is 11.8 Å². The van der Waals surface area contributed by atoms with Crippen molar-refractivity contribution in [3.63, 3.8) is 0 Å². The fourth-order valence-corrected chi connectivity index (χ4v) is 3.86. The minimum absolute atomic E-state index is 0.0148. The van der Waals surface area contributed by atoms with Crippen molar-refractivity contribution in [2.45, 2.75) is 44.1 Å². The van der Waals surface area contributed by atoms with Gasteiger partial charge in [0.25, 0.3) is 0 Å². The molecule has 0 aliphatic carbocycles. The molecule has 0 bridgehead atoms. The molecule has 146 valence electrons. The van der Waals surface area contributed by atoms with E-state index in [9.17, 15) is 4.79 Å². The molecule has 6 heteroatoms. The zero-order valence-corrected chi connectivity index (χ0v) is 17.3. The predicted octanol–water partition coefficient (Wildman–Crippen LogP) is 5.11. The van der Waals surface area contributed by atoms with Gasteiger partial charge >= 0.3 is 0 Å². The summed E-state index contributed by atoms with van der Waals surface area (Å²) < 4.78 is 2.13. The number of para-hydroxylation sites is 1. The van der Waals surface area contributed by atoms with Crippen LogP contribution in [0.4, 0.5) is 5.69 Å². The molecule has 1 heterocycles. The van der Waals surface area contributed by atoms with E-state index in [2.05, 4.69) is 33.9 Å². The maximum atomic E-state index is 12.8. The molecule has 3 rings (SSSR count). The normalized spacial score (nSPS) is 12.1. The monoisotopic (exact) mass is 394 g/mol. The highest BCUT2D eigenvalue weighted by atomic mass is 32.2. The van der Waals surface area contributed by atoms with Gasteiger partial charge in [0.2, 0.25) is 5.91 Å². The van der Waals surface area contributed by atoms with Gasteiger partial charge < -0.3 is 9.88 Å². The van der Waals surface area contributed by atoms with Crippen molar-refractivity contribution >= 4 is 23.4 Å². The summed E-state index contributed by atoms with van der Waals surface area (Å²) in [5, 5.41) is 12.4. The van der Waals surface area contributed by atoms with Crippen LogP contribution in [-0.2, 0) is 11.3 Å². The van der Waals surface area contributed by atoms with Gasteiger partial charge in [-0.1, -0.05) is 81.1 Å². The Hall–Kier alpha value is -2.60. The van der Waals surface area contributed by atoms with Gasteiger partial charge in [0.15, 0.2) is 11.0 Å². The Balaban J connectivity index is 1.83. The lowest BCUT2D eigenvalue weighted by molar-refractivity contribution is -0.115. The van der Waals surface area contributed by atoms with Gasteiger partial charge in [-0.05, 0) is 24.5 Å². The van der Waals surface area contributed by atoms with Crippen LogP contribution in [0.3, 0.4) is 0 Å². The molecule has 0 spiro atoms. The molecule has 5 nitrogen and oxygen atoms in total. The highest BCUT2D eigenvalue weighted by molar-refractivity contribution is 8.00. The number of rotatable bonds is 8. The number of nitrogens with zero attached hydrogens (tertiary/aromatic N) is 3. The maximum absolute atomic E-state index is 12.8. The third kappa shape index (κ3) is 5.01. The summed E-state index contributed by atoms with van der Waals surface area (Å²) in [6, 6.07) is 19.6. The Morgan fingerprint density at radius 1 is 1.04 bits per heavy atom. The quantitative estimate of drug-likeness (QED) is 0.539. The van der Waals surface area contributed by atoms with Crippen LogP contribution in [0.25, 0.3) is 11.4 Å². The molecule has 1 amide bonds. The molecule has 0 saturated heterocycles. The average molecular weight is 395 g/mol. The van der Waals surface area contributed by atoms with E-state index < -0.39 is 0 Å². The van der Waals surface area contributed by atoms with Crippen LogP contribution >= 0.6 is 11.8 Å². The minimum atomic E-state index is -0.237. The van der Waals surface area contributed by atoms with Crippen LogP contribution in [-0.4, -0.2) is 25.9 Å². The lowest BCUT2D eigenvalue weighted by Gasteiger charge is -2.17. The van der Waals surface area contributed by atoms with E-state index in [0.29, 0.717) is 12.3 Å². The number of hydrogen-bond acceptors (Lipinski definition) is 4. The molecule has 0 saturated carbocycles. The number of anilines is 1. The van der Waals surface area contributed by atoms with E-state index in [-0.39, 0.29) is 11.2 Å². The van der Waals surface area contributed by atoms with Crippen LogP contribution in [0.5, 0.6) is 0 Å². The standard InChI is InChI=1S/C22H26N4OS/c1-4-19(21(27)23-18-13-9-6-10-14-18)28-22-25-24-20(26(22)15-16(2)3)17-11-7-5-8-12-17/h5-14,16,19H,4,15H2,1-3H3,(H,23,27)/t19-/m1/s1. The average Bonchev–Trinajstić information content (AvgIpc) is 3.09. The number of carbonyl (C=O) groups is 1. The largest absolute Gasteiger partial charge is 0.325 e. The Kier molecular flexibility index (Phi) is 6.87. The van der Waals surface area contributed by atoms with Gasteiger partial charge in [-0.25, -0.2) is 0 Å². The van der Waals surface area contributed by atoms with Crippen molar-refractivity contribution in [1.29, 1.82) is 0 Å².